The van der Waals surface area contributed by atoms with Gasteiger partial charge in [-0.25, -0.2) is 0 Å². The second-order valence-corrected chi connectivity index (χ2v) is 11.9. The van der Waals surface area contributed by atoms with Crippen molar-refractivity contribution < 1.29 is 20.1 Å². The van der Waals surface area contributed by atoms with Crippen molar-refractivity contribution in [1.82, 2.24) is 4.90 Å². The van der Waals surface area contributed by atoms with E-state index in [1.165, 1.54) is 31.3 Å². The van der Waals surface area contributed by atoms with Crippen LogP contribution in [0.5, 0.6) is 0 Å². The monoisotopic (exact) mass is 457 g/mol. The molecule has 2 unspecified atom stereocenters. The minimum atomic E-state index is -1.22. The molecule has 3 saturated carbocycles. The molecule has 8 atom stereocenters. The van der Waals surface area contributed by atoms with Gasteiger partial charge in [-0.15, -0.1) is 0 Å². The molecule has 184 valence electrons. The lowest BCUT2D eigenvalue weighted by molar-refractivity contribution is -0.141. The number of hydrogen-bond acceptors (Lipinski definition) is 4. The molecular formula is C28H43NO4. The second-order valence-electron chi connectivity index (χ2n) is 11.9. The van der Waals surface area contributed by atoms with E-state index >= 15 is 0 Å². The molecule has 3 aliphatic carbocycles. The summed E-state index contributed by atoms with van der Waals surface area (Å²) < 4.78 is 0. The summed E-state index contributed by atoms with van der Waals surface area (Å²) in [7, 11) is 1.84. The summed E-state index contributed by atoms with van der Waals surface area (Å²) in [6, 6.07) is 0.114. The van der Waals surface area contributed by atoms with Crippen LogP contribution in [0.25, 0.3) is 0 Å². The van der Waals surface area contributed by atoms with Crippen molar-refractivity contribution in [3.8, 4) is 0 Å². The van der Waals surface area contributed by atoms with E-state index in [2.05, 4.69) is 32.6 Å². The number of aliphatic hydroxyl groups excluding tert-OH is 2. The molecule has 3 N–H and O–H groups in total. The van der Waals surface area contributed by atoms with E-state index in [4.69, 9.17) is 0 Å². The number of likely N-dealkylation sites (N-methyl/N-ethyl adjacent to an activating group) is 1. The molecule has 0 radical (unpaired) electrons. The Morgan fingerprint density at radius 2 is 1.97 bits per heavy atom. The van der Waals surface area contributed by atoms with E-state index in [1.807, 2.05) is 7.05 Å². The zero-order chi connectivity index (χ0) is 24.1. The molecule has 4 aliphatic rings. The van der Waals surface area contributed by atoms with E-state index in [0.29, 0.717) is 37.0 Å². The molecule has 0 spiro atoms. The normalized spacial score (nSPS) is 45.2. The highest BCUT2D eigenvalue weighted by Crippen LogP contribution is 2.60. The van der Waals surface area contributed by atoms with Crippen LogP contribution in [-0.2, 0) is 4.79 Å². The maximum absolute atomic E-state index is 12.4. The number of allylic oxidation sites excluding steroid dienone is 3. The smallest absolute Gasteiger partial charge is 0.254 e. The summed E-state index contributed by atoms with van der Waals surface area (Å²) in [6.07, 6.45) is 11.6. The number of carbonyl (C=O) groups excluding carboxylic acids is 1. The maximum atomic E-state index is 12.4. The van der Waals surface area contributed by atoms with E-state index in [-0.39, 0.29) is 17.4 Å². The van der Waals surface area contributed by atoms with Crippen LogP contribution in [0.2, 0.25) is 0 Å². The molecule has 1 aliphatic heterocycles. The molecule has 4 rings (SSSR count). The van der Waals surface area contributed by atoms with Crippen molar-refractivity contribution in [3.63, 3.8) is 0 Å². The van der Waals surface area contributed by atoms with Gasteiger partial charge in [-0.05, 0) is 86.2 Å². The first-order valence-electron chi connectivity index (χ1n) is 12.9. The van der Waals surface area contributed by atoms with Gasteiger partial charge in [-0.1, -0.05) is 38.2 Å². The SMILES string of the molecule is C=C1/C(=C/C=C2/CCC[C@@]3(C)C2CCC3[C@H](C)C[C@H]2C[C@](C)(O)C(=O)N2C)C[C@@H](O)C[C@@H]1O. The van der Waals surface area contributed by atoms with E-state index in [9.17, 15) is 20.1 Å². The van der Waals surface area contributed by atoms with Gasteiger partial charge in [0.2, 0.25) is 0 Å². The first kappa shape index (κ1) is 24.7. The first-order valence-corrected chi connectivity index (χ1v) is 12.9. The third-order valence-corrected chi connectivity index (χ3v) is 9.59. The third-order valence-electron chi connectivity index (χ3n) is 9.59. The average molecular weight is 458 g/mol. The quantitative estimate of drug-likeness (QED) is 0.593. The lowest BCUT2D eigenvalue weighted by atomic mass is 9.60. The average Bonchev–Trinajstić information content (AvgIpc) is 3.19. The minimum Gasteiger partial charge on any atom is -0.393 e. The van der Waals surface area contributed by atoms with Gasteiger partial charge in [-0.3, -0.25) is 4.79 Å². The Bertz CT molecular complexity index is 858. The number of nitrogens with zero attached hydrogens (tertiary/aromatic N) is 1. The van der Waals surface area contributed by atoms with Gasteiger partial charge >= 0.3 is 0 Å². The predicted octanol–water partition coefficient (Wildman–Crippen LogP) is 4.14. The predicted molar refractivity (Wildman–Crippen MR) is 130 cm³/mol. The summed E-state index contributed by atoms with van der Waals surface area (Å²) in [5.41, 5.74) is 2.27. The van der Waals surface area contributed by atoms with Crippen molar-refractivity contribution in [3.05, 3.63) is 35.5 Å². The van der Waals surface area contributed by atoms with Crippen LogP contribution in [0.4, 0.5) is 0 Å². The van der Waals surface area contributed by atoms with Crippen LogP contribution in [0.15, 0.2) is 35.5 Å². The van der Waals surface area contributed by atoms with Crippen molar-refractivity contribution in [2.24, 2.45) is 23.2 Å². The molecule has 0 aromatic rings. The minimum absolute atomic E-state index is 0.114. The largest absolute Gasteiger partial charge is 0.393 e. The fraction of sp³-hybridized carbons (Fsp3) is 0.750. The Hall–Kier alpha value is -1.43. The number of hydrogen-bond donors (Lipinski definition) is 3. The van der Waals surface area contributed by atoms with Gasteiger partial charge in [0.1, 0.15) is 5.60 Å². The molecule has 5 nitrogen and oxygen atoms in total. The summed E-state index contributed by atoms with van der Waals surface area (Å²) in [4.78, 5) is 14.1. The molecule has 1 saturated heterocycles. The van der Waals surface area contributed by atoms with E-state index in [1.54, 1.807) is 11.8 Å². The van der Waals surface area contributed by atoms with Crippen molar-refractivity contribution in [2.75, 3.05) is 7.05 Å². The Morgan fingerprint density at radius 1 is 1.24 bits per heavy atom. The van der Waals surface area contributed by atoms with Gasteiger partial charge < -0.3 is 20.2 Å². The molecule has 0 aromatic heterocycles. The van der Waals surface area contributed by atoms with Crippen molar-refractivity contribution in [1.29, 1.82) is 0 Å². The standard InChI is InChI=1S/C28H43NO4/c1-17(13-21-16-28(4,33)26(32)29(21)5)23-10-11-24-19(7-6-12-27(23,24)3)8-9-20-14-22(30)15-25(31)18(20)2/h8-9,17,21-25,30-31,33H,2,6-7,10-16H2,1,3-5H3/b19-8-,20-9+/t17-,21+,22-,23?,24?,25+,27-,28+/m1/s1. The summed E-state index contributed by atoms with van der Waals surface area (Å²) in [5.74, 6) is 1.52. The fourth-order valence-corrected chi connectivity index (χ4v) is 7.74. The van der Waals surface area contributed by atoms with Crippen LogP contribution in [0.1, 0.15) is 78.6 Å². The van der Waals surface area contributed by atoms with Crippen LogP contribution in [-0.4, -0.2) is 57.0 Å². The Labute approximate surface area is 199 Å². The number of amides is 1. The number of rotatable bonds is 4. The number of fused-ring (bicyclic) bond motifs is 1. The van der Waals surface area contributed by atoms with Crippen LogP contribution < -0.4 is 0 Å². The maximum Gasteiger partial charge on any atom is 0.254 e. The van der Waals surface area contributed by atoms with Crippen molar-refractivity contribution in [2.45, 2.75) is 102 Å². The Kier molecular flexibility index (Phi) is 6.71. The number of aliphatic hydroxyl groups is 3. The van der Waals surface area contributed by atoms with Gasteiger partial charge in [0.25, 0.3) is 5.91 Å². The van der Waals surface area contributed by atoms with E-state index in [0.717, 1.165) is 24.0 Å². The van der Waals surface area contributed by atoms with Gasteiger partial charge in [0.15, 0.2) is 0 Å². The second kappa shape index (κ2) is 8.98. The molecule has 4 fully saturated rings. The van der Waals surface area contributed by atoms with Gasteiger partial charge in [0, 0.05) is 25.9 Å². The summed E-state index contributed by atoms with van der Waals surface area (Å²) in [6.45, 7) is 10.5. The Balaban J connectivity index is 1.48. The van der Waals surface area contributed by atoms with Crippen LogP contribution >= 0.6 is 0 Å². The summed E-state index contributed by atoms with van der Waals surface area (Å²) in [5, 5.41) is 30.7. The highest BCUT2D eigenvalue weighted by atomic mass is 16.3. The van der Waals surface area contributed by atoms with Gasteiger partial charge in [-0.2, -0.15) is 0 Å². The van der Waals surface area contributed by atoms with Crippen LogP contribution in [0.3, 0.4) is 0 Å². The fourth-order valence-electron chi connectivity index (χ4n) is 7.74. The summed E-state index contributed by atoms with van der Waals surface area (Å²) >= 11 is 0. The topological polar surface area (TPSA) is 81.0 Å². The molecule has 1 heterocycles. The van der Waals surface area contributed by atoms with Gasteiger partial charge in [0.05, 0.1) is 12.2 Å². The molecular weight excluding hydrogens is 414 g/mol. The molecule has 1 amide bonds. The zero-order valence-electron chi connectivity index (χ0n) is 20.9. The zero-order valence-corrected chi connectivity index (χ0v) is 20.9. The third kappa shape index (κ3) is 4.49. The molecule has 0 bridgehead atoms. The lowest BCUT2D eigenvalue weighted by Crippen LogP contribution is -2.39. The number of likely N-dealkylation sites (tertiary alicyclic amines) is 1. The molecule has 0 aromatic carbocycles. The van der Waals surface area contributed by atoms with E-state index < -0.39 is 17.8 Å². The Morgan fingerprint density at radius 3 is 2.64 bits per heavy atom. The highest BCUT2D eigenvalue weighted by Gasteiger charge is 2.52. The first-order chi connectivity index (χ1) is 15.4. The molecule has 33 heavy (non-hydrogen) atoms. The number of carbonyl (C=O) groups is 1. The highest BCUT2D eigenvalue weighted by molar-refractivity contribution is 5.86. The lowest BCUT2D eigenvalue weighted by Gasteiger charge is -2.45. The molecule has 5 heteroatoms. The van der Waals surface area contributed by atoms with Crippen molar-refractivity contribution >= 4 is 5.91 Å². The van der Waals surface area contributed by atoms with Crippen LogP contribution in [0, 0.1) is 23.2 Å².